The van der Waals surface area contributed by atoms with E-state index in [2.05, 4.69) is 27.7 Å². The van der Waals surface area contributed by atoms with Crippen LogP contribution in [-0.2, 0) is 0 Å². The molecule has 1 heteroatoms. The second-order valence-corrected chi connectivity index (χ2v) is 5.15. The van der Waals surface area contributed by atoms with Crippen LogP contribution in [0.15, 0.2) is 0 Å². The van der Waals surface area contributed by atoms with Crippen LogP contribution in [0.4, 0.5) is 0 Å². The van der Waals surface area contributed by atoms with Gasteiger partial charge in [0.15, 0.2) is 0 Å². The zero-order valence-electron chi connectivity index (χ0n) is 9.90. The molecule has 0 aromatic rings. The van der Waals surface area contributed by atoms with E-state index in [1.54, 1.807) is 0 Å². The summed E-state index contributed by atoms with van der Waals surface area (Å²) < 4.78 is 0. The molecule has 0 saturated carbocycles. The second kappa shape index (κ2) is 6.42. The zero-order valence-corrected chi connectivity index (χ0v) is 9.90. The van der Waals surface area contributed by atoms with Crippen LogP contribution in [0.25, 0.3) is 0 Å². The van der Waals surface area contributed by atoms with E-state index in [9.17, 15) is 0 Å². The van der Waals surface area contributed by atoms with E-state index >= 15 is 0 Å². The van der Waals surface area contributed by atoms with Crippen molar-refractivity contribution in [2.45, 2.75) is 59.8 Å². The Morgan fingerprint density at radius 1 is 1.08 bits per heavy atom. The van der Waals surface area contributed by atoms with Crippen molar-refractivity contribution in [3.63, 3.8) is 0 Å². The Kier molecular flexibility index (Phi) is 6.40. The van der Waals surface area contributed by atoms with E-state index in [1.165, 1.54) is 32.1 Å². The lowest BCUT2D eigenvalue weighted by atomic mass is 9.78. The molecule has 1 unspecified atom stereocenters. The maximum Gasteiger partial charge on any atom is -0.00439 e. The van der Waals surface area contributed by atoms with Crippen molar-refractivity contribution >= 4 is 0 Å². The van der Waals surface area contributed by atoms with Crippen molar-refractivity contribution in [2.75, 3.05) is 6.54 Å². The van der Waals surface area contributed by atoms with Gasteiger partial charge in [0.2, 0.25) is 0 Å². The molecule has 0 fully saturated rings. The summed E-state index contributed by atoms with van der Waals surface area (Å²) in [6, 6.07) is 0. The molecule has 0 aliphatic rings. The first-order valence-corrected chi connectivity index (χ1v) is 5.72. The van der Waals surface area contributed by atoms with E-state index in [0.717, 1.165) is 6.54 Å². The third-order valence-corrected chi connectivity index (χ3v) is 2.92. The van der Waals surface area contributed by atoms with Gasteiger partial charge in [0.1, 0.15) is 0 Å². The summed E-state index contributed by atoms with van der Waals surface area (Å²) in [5.41, 5.74) is 6.16. The van der Waals surface area contributed by atoms with Crippen LogP contribution in [-0.4, -0.2) is 6.54 Å². The summed E-state index contributed by atoms with van der Waals surface area (Å²) in [5.74, 6) is 0.698. The molecule has 0 heterocycles. The fourth-order valence-electron chi connectivity index (χ4n) is 1.72. The Morgan fingerprint density at radius 3 is 2.08 bits per heavy atom. The summed E-state index contributed by atoms with van der Waals surface area (Å²) in [6.07, 6.45) is 6.74. The minimum absolute atomic E-state index is 0.390. The molecule has 0 saturated heterocycles. The molecule has 80 valence electrons. The van der Waals surface area contributed by atoms with Gasteiger partial charge in [-0.2, -0.15) is 0 Å². The number of hydrogen-bond donors (Lipinski definition) is 1. The predicted molar refractivity (Wildman–Crippen MR) is 60.8 cm³/mol. The Balaban J connectivity index is 3.61. The maximum atomic E-state index is 5.77. The zero-order chi connectivity index (χ0) is 10.3. The minimum Gasteiger partial charge on any atom is -0.330 e. The van der Waals surface area contributed by atoms with Gasteiger partial charge >= 0.3 is 0 Å². The van der Waals surface area contributed by atoms with Crippen LogP contribution >= 0.6 is 0 Å². The molecule has 1 nitrogen and oxygen atoms in total. The van der Waals surface area contributed by atoms with E-state index in [0.29, 0.717) is 11.3 Å². The van der Waals surface area contributed by atoms with Crippen LogP contribution < -0.4 is 5.73 Å². The van der Waals surface area contributed by atoms with Gasteiger partial charge in [0.25, 0.3) is 0 Å². The number of hydrogen-bond acceptors (Lipinski definition) is 1. The van der Waals surface area contributed by atoms with Gasteiger partial charge in [-0.25, -0.2) is 0 Å². The van der Waals surface area contributed by atoms with Crippen molar-refractivity contribution in [1.29, 1.82) is 0 Å². The highest BCUT2D eigenvalue weighted by Crippen LogP contribution is 2.29. The van der Waals surface area contributed by atoms with Crippen molar-refractivity contribution in [3.05, 3.63) is 0 Å². The Morgan fingerprint density at radius 2 is 1.69 bits per heavy atom. The topological polar surface area (TPSA) is 26.0 Å². The largest absolute Gasteiger partial charge is 0.330 e. The highest BCUT2D eigenvalue weighted by molar-refractivity contribution is 4.74. The molecule has 0 spiro atoms. The molecule has 0 aromatic carbocycles. The van der Waals surface area contributed by atoms with Gasteiger partial charge < -0.3 is 5.73 Å². The third-order valence-electron chi connectivity index (χ3n) is 2.92. The number of rotatable bonds is 6. The monoisotopic (exact) mass is 185 g/mol. The summed E-state index contributed by atoms with van der Waals surface area (Å²) in [5, 5.41) is 0. The van der Waals surface area contributed by atoms with Crippen LogP contribution in [0.2, 0.25) is 0 Å². The van der Waals surface area contributed by atoms with Crippen LogP contribution in [0.1, 0.15) is 59.8 Å². The van der Waals surface area contributed by atoms with E-state index in [4.69, 9.17) is 5.73 Å². The molecule has 0 amide bonds. The molecule has 0 aliphatic carbocycles. The Labute approximate surface area is 84.1 Å². The van der Waals surface area contributed by atoms with Gasteiger partial charge in [-0.05, 0) is 24.3 Å². The lowest BCUT2D eigenvalue weighted by Gasteiger charge is -2.29. The average Bonchev–Trinajstić information content (AvgIpc) is 2.02. The van der Waals surface area contributed by atoms with Crippen molar-refractivity contribution in [1.82, 2.24) is 0 Å². The predicted octanol–water partition coefficient (Wildman–Crippen LogP) is 3.58. The van der Waals surface area contributed by atoms with Crippen LogP contribution in [0, 0.1) is 11.3 Å². The van der Waals surface area contributed by atoms with Gasteiger partial charge in [0, 0.05) is 0 Å². The number of unbranched alkanes of at least 4 members (excludes halogenated alkanes) is 3. The molecule has 1 atom stereocenters. The summed E-state index contributed by atoms with van der Waals surface area (Å²) in [7, 11) is 0. The number of nitrogens with two attached hydrogens (primary N) is 1. The standard InChI is InChI=1S/C12H27N/c1-5-6-7-8-9-11(10-13)12(2,3)4/h11H,5-10,13H2,1-4H3. The first-order valence-electron chi connectivity index (χ1n) is 5.72. The fraction of sp³-hybridized carbons (Fsp3) is 1.00. The third kappa shape index (κ3) is 6.09. The Hall–Kier alpha value is -0.0400. The lowest BCUT2D eigenvalue weighted by Crippen LogP contribution is -2.27. The molecule has 0 bridgehead atoms. The van der Waals surface area contributed by atoms with E-state index in [1.807, 2.05) is 0 Å². The maximum absolute atomic E-state index is 5.77. The first-order chi connectivity index (χ1) is 6.02. The molecular weight excluding hydrogens is 158 g/mol. The van der Waals surface area contributed by atoms with E-state index in [-0.39, 0.29) is 0 Å². The average molecular weight is 185 g/mol. The van der Waals surface area contributed by atoms with Gasteiger partial charge in [-0.3, -0.25) is 0 Å². The summed E-state index contributed by atoms with van der Waals surface area (Å²) in [4.78, 5) is 0. The van der Waals surface area contributed by atoms with Crippen LogP contribution in [0.5, 0.6) is 0 Å². The van der Waals surface area contributed by atoms with Crippen molar-refractivity contribution < 1.29 is 0 Å². The van der Waals surface area contributed by atoms with Crippen molar-refractivity contribution in [2.24, 2.45) is 17.1 Å². The molecule has 0 radical (unpaired) electrons. The van der Waals surface area contributed by atoms with E-state index < -0.39 is 0 Å². The smallest absolute Gasteiger partial charge is 0.00439 e. The van der Waals surface area contributed by atoms with Crippen LogP contribution in [0.3, 0.4) is 0 Å². The second-order valence-electron chi connectivity index (χ2n) is 5.15. The summed E-state index contributed by atoms with van der Waals surface area (Å²) >= 11 is 0. The molecule has 0 aliphatic heterocycles. The Bertz CT molecular complexity index is 113. The molecule has 0 aromatic heterocycles. The van der Waals surface area contributed by atoms with Gasteiger partial charge in [0.05, 0.1) is 0 Å². The molecule has 13 heavy (non-hydrogen) atoms. The highest BCUT2D eigenvalue weighted by atomic mass is 14.6. The SMILES string of the molecule is CCCCCCC(CN)C(C)(C)C. The van der Waals surface area contributed by atoms with Crippen molar-refractivity contribution in [3.8, 4) is 0 Å². The first kappa shape index (κ1) is 13.0. The summed E-state index contributed by atoms with van der Waals surface area (Å²) in [6.45, 7) is 9.98. The quantitative estimate of drug-likeness (QED) is 0.629. The lowest BCUT2D eigenvalue weighted by molar-refractivity contribution is 0.227. The van der Waals surface area contributed by atoms with Gasteiger partial charge in [-0.15, -0.1) is 0 Å². The molecular formula is C12H27N. The van der Waals surface area contributed by atoms with Gasteiger partial charge in [-0.1, -0.05) is 53.4 Å². The highest BCUT2D eigenvalue weighted by Gasteiger charge is 2.22. The molecule has 0 rings (SSSR count). The molecule has 2 N–H and O–H groups in total. The normalized spacial score (nSPS) is 14.5. The fourth-order valence-corrected chi connectivity index (χ4v) is 1.72. The minimum atomic E-state index is 0.390.